The maximum absolute atomic E-state index is 8.72. The second-order valence-corrected chi connectivity index (χ2v) is 4.23. The first-order valence-electron chi connectivity index (χ1n) is 6.29. The molecular weight excluding hydrogens is 264 g/mol. The van der Waals surface area contributed by atoms with E-state index in [0.29, 0.717) is 0 Å². The van der Waals surface area contributed by atoms with Gasteiger partial charge in [-0.1, -0.05) is 17.7 Å². The topological polar surface area (TPSA) is 99.4 Å². The molecule has 0 amide bonds. The van der Waals surface area contributed by atoms with Crippen LogP contribution in [0.4, 0.5) is 0 Å². The predicted molar refractivity (Wildman–Crippen MR) is 74.7 cm³/mol. The van der Waals surface area contributed by atoms with Gasteiger partial charge in [-0.25, -0.2) is 0 Å². The number of rotatable bonds is 7. The minimum absolute atomic E-state index is 0.0342. The van der Waals surface area contributed by atoms with Crippen molar-refractivity contribution in [2.24, 2.45) is 0 Å². The van der Waals surface area contributed by atoms with Gasteiger partial charge in [0.1, 0.15) is 18.0 Å². The zero-order valence-electron chi connectivity index (χ0n) is 11.9. The number of methoxy groups -OCH3 is 1. The molecule has 1 aromatic carbocycles. The molecule has 0 heterocycles. The summed E-state index contributed by atoms with van der Waals surface area (Å²) in [5.74, 6) is 0.917. The maximum atomic E-state index is 8.72. The summed E-state index contributed by atoms with van der Waals surface area (Å²) in [6, 6.07) is 7.96. The molecule has 0 aliphatic carbocycles. The minimum atomic E-state index is -0.916. The van der Waals surface area contributed by atoms with Crippen molar-refractivity contribution in [3.8, 4) is 5.75 Å². The highest BCUT2D eigenvalue weighted by atomic mass is 16.5. The number of hydrogen-bond acceptors (Lipinski definition) is 6. The summed E-state index contributed by atoms with van der Waals surface area (Å²) in [5.41, 5.74) is 1.26. The summed E-state index contributed by atoms with van der Waals surface area (Å²) >= 11 is 0. The Labute approximate surface area is 119 Å². The van der Waals surface area contributed by atoms with E-state index in [0.717, 1.165) is 5.75 Å². The van der Waals surface area contributed by atoms with Gasteiger partial charge in [-0.2, -0.15) is 0 Å². The first-order valence-corrected chi connectivity index (χ1v) is 6.29. The van der Waals surface area contributed by atoms with Crippen LogP contribution in [0.15, 0.2) is 24.3 Å². The predicted octanol–water partition coefficient (Wildman–Crippen LogP) is -0.287. The fourth-order valence-electron chi connectivity index (χ4n) is 1.12. The SMILES string of the molecule is COc1ccc(C)cc1.OCC(O)COCC(O)CO. The van der Waals surface area contributed by atoms with Gasteiger partial charge in [0.2, 0.25) is 0 Å². The molecule has 0 saturated carbocycles. The van der Waals surface area contributed by atoms with Gasteiger partial charge < -0.3 is 29.9 Å². The fourth-order valence-corrected chi connectivity index (χ4v) is 1.12. The van der Waals surface area contributed by atoms with E-state index in [9.17, 15) is 0 Å². The molecule has 4 N–H and O–H groups in total. The van der Waals surface area contributed by atoms with Crippen molar-refractivity contribution in [2.75, 3.05) is 33.5 Å². The average Bonchev–Trinajstić information content (AvgIpc) is 2.48. The number of aryl methyl sites for hydroxylation is 1. The zero-order chi connectivity index (χ0) is 15.4. The first kappa shape index (κ1) is 18.8. The number of aliphatic hydroxyl groups is 4. The maximum Gasteiger partial charge on any atom is 0.118 e. The van der Waals surface area contributed by atoms with Crippen LogP contribution in [0.2, 0.25) is 0 Å². The average molecular weight is 288 g/mol. The van der Waals surface area contributed by atoms with Crippen molar-refractivity contribution < 1.29 is 29.9 Å². The van der Waals surface area contributed by atoms with E-state index in [4.69, 9.17) is 29.9 Å². The highest BCUT2D eigenvalue weighted by molar-refractivity contribution is 5.25. The highest BCUT2D eigenvalue weighted by Crippen LogP contribution is 2.09. The largest absolute Gasteiger partial charge is 0.497 e. The van der Waals surface area contributed by atoms with Crippen LogP contribution in [-0.4, -0.2) is 66.2 Å². The smallest absolute Gasteiger partial charge is 0.118 e. The quantitative estimate of drug-likeness (QED) is 0.550. The molecule has 0 aromatic heterocycles. The van der Waals surface area contributed by atoms with Gasteiger partial charge in [-0.3, -0.25) is 0 Å². The normalized spacial score (nSPS) is 13.1. The molecule has 2 unspecified atom stereocenters. The van der Waals surface area contributed by atoms with Gasteiger partial charge in [0.05, 0.1) is 33.5 Å². The lowest BCUT2D eigenvalue weighted by molar-refractivity contribution is -0.0364. The van der Waals surface area contributed by atoms with Gasteiger partial charge in [0, 0.05) is 0 Å². The molecule has 0 bridgehead atoms. The van der Waals surface area contributed by atoms with Crippen molar-refractivity contribution in [1.29, 1.82) is 0 Å². The molecule has 2 atom stereocenters. The van der Waals surface area contributed by atoms with Crippen LogP contribution in [0.1, 0.15) is 5.56 Å². The third-order valence-corrected chi connectivity index (χ3v) is 2.30. The number of ether oxygens (including phenoxy) is 2. The number of benzene rings is 1. The molecule has 6 nitrogen and oxygen atoms in total. The Morgan fingerprint density at radius 2 is 1.40 bits per heavy atom. The molecule has 0 saturated heterocycles. The van der Waals surface area contributed by atoms with E-state index in [1.807, 2.05) is 24.3 Å². The van der Waals surface area contributed by atoms with E-state index >= 15 is 0 Å². The second-order valence-electron chi connectivity index (χ2n) is 4.23. The molecule has 0 aliphatic rings. The third kappa shape index (κ3) is 9.71. The van der Waals surface area contributed by atoms with E-state index in [2.05, 4.69) is 6.92 Å². The van der Waals surface area contributed by atoms with Crippen LogP contribution in [0.5, 0.6) is 5.75 Å². The van der Waals surface area contributed by atoms with Crippen LogP contribution >= 0.6 is 0 Å². The van der Waals surface area contributed by atoms with Crippen LogP contribution in [0.3, 0.4) is 0 Å². The first-order chi connectivity index (χ1) is 9.53. The fraction of sp³-hybridized carbons (Fsp3) is 0.571. The molecule has 1 aromatic rings. The lowest BCUT2D eigenvalue weighted by Gasteiger charge is -2.10. The Morgan fingerprint density at radius 3 is 1.75 bits per heavy atom. The summed E-state index contributed by atoms with van der Waals surface area (Å²) < 4.78 is 9.69. The van der Waals surface area contributed by atoms with Crippen LogP contribution < -0.4 is 4.74 Å². The van der Waals surface area contributed by atoms with E-state index in [1.165, 1.54) is 5.56 Å². The van der Waals surface area contributed by atoms with Gasteiger partial charge in [0.25, 0.3) is 0 Å². The van der Waals surface area contributed by atoms with Crippen molar-refractivity contribution in [2.45, 2.75) is 19.1 Å². The van der Waals surface area contributed by atoms with E-state index in [1.54, 1.807) is 7.11 Å². The minimum Gasteiger partial charge on any atom is -0.497 e. The Hall–Kier alpha value is -1.18. The lowest BCUT2D eigenvalue weighted by Crippen LogP contribution is -2.25. The summed E-state index contributed by atoms with van der Waals surface area (Å²) in [6.45, 7) is 1.25. The summed E-state index contributed by atoms with van der Waals surface area (Å²) in [6.07, 6.45) is -1.83. The van der Waals surface area contributed by atoms with Crippen LogP contribution in [-0.2, 0) is 4.74 Å². The molecular formula is C14H24O6. The Bertz CT molecular complexity index is 317. The summed E-state index contributed by atoms with van der Waals surface area (Å²) in [5, 5.41) is 34.1. The van der Waals surface area contributed by atoms with Crippen molar-refractivity contribution in [3.63, 3.8) is 0 Å². The van der Waals surface area contributed by atoms with Crippen molar-refractivity contribution >= 4 is 0 Å². The van der Waals surface area contributed by atoms with E-state index in [-0.39, 0.29) is 26.4 Å². The monoisotopic (exact) mass is 288 g/mol. The summed E-state index contributed by atoms with van der Waals surface area (Å²) in [4.78, 5) is 0. The zero-order valence-corrected chi connectivity index (χ0v) is 11.9. The number of aliphatic hydroxyl groups excluding tert-OH is 4. The van der Waals surface area contributed by atoms with Gasteiger partial charge >= 0.3 is 0 Å². The van der Waals surface area contributed by atoms with Gasteiger partial charge in [-0.15, -0.1) is 0 Å². The van der Waals surface area contributed by atoms with Crippen molar-refractivity contribution in [1.82, 2.24) is 0 Å². The van der Waals surface area contributed by atoms with Crippen LogP contribution in [0, 0.1) is 6.92 Å². The van der Waals surface area contributed by atoms with E-state index < -0.39 is 12.2 Å². The van der Waals surface area contributed by atoms with Crippen LogP contribution in [0.25, 0.3) is 0 Å². The molecule has 116 valence electrons. The Kier molecular flexibility index (Phi) is 10.9. The molecule has 0 radical (unpaired) electrons. The molecule has 1 rings (SSSR count). The lowest BCUT2D eigenvalue weighted by atomic mass is 10.2. The third-order valence-electron chi connectivity index (χ3n) is 2.30. The Balaban J connectivity index is 0.000000367. The molecule has 6 heteroatoms. The molecule has 0 fully saturated rings. The standard InChI is InChI=1S/C8H10O.C6H14O5/c1-7-3-5-8(9-2)6-4-7;7-1-5(9)3-11-4-6(10)2-8/h3-6H,1-2H3;5-10H,1-4H2. The number of hydrogen-bond donors (Lipinski definition) is 4. The Morgan fingerprint density at radius 1 is 0.950 bits per heavy atom. The van der Waals surface area contributed by atoms with Gasteiger partial charge in [-0.05, 0) is 19.1 Å². The molecule has 20 heavy (non-hydrogen) atoms. The second kappa shape index (κ2) is 11.6. The molecule has 0 spiro atoms. The van der Waals surface area contributed by atoms with Crippen molar-refractivity contribution in [3.05, 3.63) is 29.8 Å². The highest BCUT2D eigenvalue weighted by Gasteiger charge is 2.04. The van der Waals surface area contributed by atoms with Gasteiger partial charge in [0.15, 0.2) is 0 Å². The summed E-state index contributed by atoms with van der Waals surface area (Å²) in [7, 11) is 1.67. The molecule has 0 aliphatic heterocycles.